The maximum Gasteiger partial charge on any atom is 0.225 e. The molecule has 17 heavy (non-hydrogen) atoms. The Kier molecular flexibility index (Phi) is 5.33. The minimum Gasteiger partial charge on any atom is -0.339 e. The molecule has 2 fully saturated rings. The third-order valence-electron chi connectivity index (χ3n) is 4.29. The minimum atomic E-state index is 0.347. The Hall–Kier alpha value is -0.0500. The molecule has 1 amide bonds. The summed E-state index contributed by atoms with van der Waals surface area (Å²) in [6.07, 6.45) is 11.0. The zero-order valence-electron chi connectivity index (χ0n) is 10.7. The summed E-state index contributed by atoms with van der Waals surface area (Å²) in [7, 11) is 0. The highest BCUT2D eigenvalue weighted by atomic mass is 79.9. The zero-order chi connectivity index (χ0) is 12.1. The molecule has 2 aliphatic rings. The summed E-state index contributed by atoms with van der Waals surface area (Å²) in [5.74, 6) is 0.815. The second kappa shape index (κ2) is 6.77. The lowest BCUT2D eigenvalue weighted by molar-refractivity contribution is -0.140. The fourth-order valence-electron chi connectivity index (χ4n) is 2.99. The highest BCUT2D eigenvalue weighted by molar-refractivity contribution is 9.09. The first kappa shape index (κ1) is 13.4. The van der Waals surface area contributed by atoms with Gasteiger partial charge in [-0.25, -0.2) is 0 Å². The van der Waals surface area contributed by atoms with Gasteiger partial charge >= 0.3 is 0 Å². The zero-order valence-corrected chi connectivity index (χ0v) is 12.3. The quantitative estimate of drug-likeness (QED) is 0.709. The first-order valence-electron chi connectivity index (χ1n) is 7.19. The van der Waals surface area contributed by atoms with E-state index in [4.69, 9.17) is 0 Å². The summed E-state index contributed by atoms with van der Waals surface area (Å²) in [6.45, 7) is 0.964. The number of alkyl halides is 1. The number of hydrogen-bond donors (Lipinski definition) is 0. The maximum absolute atomic E-state index is 12.5. The van der Waals surface area contributed by atoms with E-state index < -0.39 is 0 Å². The lowest BCUT2D eigenvalue weighted by atomic mass is 9.85. The highest BCUT2D eigenvalue weighted by Crippen LogP contribution is 2.30. The van der Waals surface area contributed by atoms with Gasteiger partial charge in [0, 0.05) is 23.8 Å². The van der Waals surface area contributed by atoms with E-state index in [-0.39, 0.29) is 0 Å². The average Bonchev–Trinajstić information content (AvgIpc) is 2.32. The Morgan fingerprint density at radius 2 is 1.76 bits per heavy atom. The van der Waals surface area contributed by atoms with Gasteiger partial charge < -0.3 is 4.90 Å². The van der Waals surface area contributed by atoms with Gasteiger partial charge in [0.25, 0.3) is 0 Å². The van der Waals surface area contributed by atoms with Gasteiger partial charge in [-0.1, -0.05) is 35.2 Å². The Morgan fingerprint density at radius 1 is 1.06 bits per heavy atom. The second-order valence-electron chi connectivity index (χ2n) is 5.49. The number of hydrogen-bond acceptors (Lipinski definition) is 1. The number of halogens is 1. The van der Waals surface area contributed by atoms with Crippen molar-refractivity contribution in [3.8, 4) is 0 Å². The van der Waals surface area contributed by atoms with Crippen molar-refractivity contribution < 1.29 is 4.79 Å². The van der Waals surface area contributed by atoms with Crippen molar-refractivity contribution in [2.24, 2.45) is 5.92 Å². The van der Waals surface area contributed by atoms with E-state index in [0.717, 1.165) is 31.1 Å². The van der Waals surface area contributed by atoms with Gasteiger partial charge in [-0.3, -0.25) is 4.79 Å². The predicted molar refractivity (Wildman–Crippen MR) is 74.3 cm³/mol. The lowest BCUT2D eigenvalue weighted by Crippen LogP contribution is -2.47. The summed E-state index contributed by atoms with van der Waals surface area (Å²) in [6, 6.07) is 0.573. The molecule has 0 saturated heterocycles. The molecular formula is C14H24BrNO. The van der Waals surface area contributed by atoms with Crippen LogP contribution in [0.5, 0.6) is 0 Å². The summed E-state index contributed by atoms with van der Waals surface area (Å²) in [5, 5.41) is 1.01. The molecule has 2 saturated carbocycles. The monoisotopic (exact) mass is 301 g/mol. The molecule has 0 atom stereocenters. The molecule has 0 aromatic heterocycles. The van der Waals surface area contributed by atoms with Gasteiger partial charge in [-0.2, -0.15) is 0 Å². The molecule has 3 heteroatoms. The number of nitrogens with zero attached hydrogens (tertiary/aromatic N) is 1. The van der Waals surface area contributed by atoms with Gasteiger partial charge in [-0.05, 0) is 38.5 Å². The molecule has 0 bridgehead atoms. The molecule has 98 valence electrons. The van der Waals surface area contributed by atoms with Gasteiger partial charge in [0.1, 0.15) is 0 Å². The molecule has 0 radical (unpaired) electrons. The van der Waals surface area contributed by atoms with Crippen molar-refractivity contribution in [2.75, 3.05) is 11.9 Å². The highest BCUT2D eigenvalue weighted by Gasteiger charge is 2.32. The van der Waals surface area contributed by atoms with Gasteiger partial charge in [0.15, 0.2) is 0 Å². The Morgan fingerprint density at radius 3 is 2.29 bits per heavy atom. The molecule has 2 nitrogen and oxygen atoms in total. The van der Waals surface area contributed by atoms with Crippen LogP contribution in [0.4, 0.5) is 0 Å². The van der Waals surface area contributed by atoms with E-state index in [1.54, 1.807) is 0 Å². The Labute approximate surface area is 113 Å². The topological polar surface area (TPSA) is 20.3 Å². The maximum atomic E-state index is 12.5. The van der Waals surface area contributed by atoms with Crippen molar-refractivity contribution in [1.82, 2.24) is 4.90 Å². The SMILES string of the molecule is O=C(C1CCCCC1)N(CCCBr)C1CCC1. The van der Waals surface area contributed by atoms with Crippen LogP contribution < -0.4 is 0 Å². The van der Waals surface area contributed by atoms with E-state index >= 15 is 0 Å². The molecule has 0 aliphatic heterocycles. The van der Waals surface area contributed by atoms with Crippen LogP contribution in [0.1, 0.15) is 57.8 Å². The van der Waals surface area contributed by atoms with Crippen LogP contribution in [0.3, 0.4) is 0 Å². The predicted octanol–water partition coefficient (Wildman–Crippen LogP) is 3.73. The van der Waals surface area contributed by atoms with E-state index in [1.165, 1.54) is 38.5 Å². The summed E-state index contributed by atoms with van der Waals surface area (Å²) in [4.78, 5) is 14.8. The summed E-state index contributed by atoms with van der Waals surface area (Å²) >= 11 is 3.47. The molecule has 0 aromatic carbocycles. The van der Waals surface area contributed by atoms with Gasteiger partial charge in [-0.15, -0.1) is 0 Å². The van der Waals surface area contributed by atoms with Crippen molar-refractivity contribution in [3.63, 3.8) is 0 Å². The van der Waals surface area contributed by atoms with Crippen molar-refractivity contribution >= 4 is 21.8 Å². The van der Waals surface area contributed by atoms with Crippen LogP contribution >= 0.6 is 15.9 Å². The van der Waals surface area contributed by atoms with Gasteiger partial charge in [0.2, 0.25) is 5.91 Å². The summed E-state index contributed by atoms with van der Waals surface area (Å²) < 4.78 is 0. The van der Waals surface area contributed by atoms with Crippen molar-refractivity contribution in [2.45, 2.75) is 63.8 Å². The second-order valence-corrected chi connectivity index (χ2v) is 6.29. The first-order valence-corrected chi connectivity index (χ1v) is 8.31. The smallest absolute Gasteiger partial charge is 0.225 e. The standard InChI is InChI=1S/C14H24BrNO/c15-10-5-11-16(13-8-4-9-13)14(17)12-6-2-1-3-7-12/h12-13H,1-11H2. The number of carbonyl (C=O) groups is 1. The molecule has 2 rings (SSSR count). The van der Waals surface area contributed by atoms with Crippen LogP contribution in [-0.2, 0) is 4.79 Å². The molecule has 0 aromatic rings. The Bertz CT molecular complexity index is 247. The van der Waals surface area contributed by atoms with Crippen molar-refractivity contribution in [1.29, 1.82) is 0 Å². The van der Waals surface area contributed by atoms with E-state index in [1.807, 2.05) is 0 Å². The lowest BCUT2D eigenvalue weighted by Gasteiger charge is -2.40. The minimum absolute atomic E-state index is 0.347. The molecule has 0 heterocycles. The molecule has 0 unspecified atom stereocenters. The number of rotatable bonds is 5. The van der Waals surface area contributed by atoms with Crippen LogP contribution in [0.25, 0.3) is 0 Å². The third-order valence-corrected chi connectivity index (χ3v) is 4.85. The first-order chi connectivity index (χ1) is 8.33. The Balaban J connectivity index is 1.90. The number of carbonyl (C=O) groups excluding carboxylic acids is 1. The normalized spacial score (nSPS) is 22.2. The van der Waals surface area contributed by atoms with Crippen molar-refractivity contribution in [3.05, 3.63) is 0 Å². The molecule has 0 N–H and O–H groups in total. The van der Waals surface area contributed by atoms with E-state index in [9.17, 15) is 4.79 Å². The average molecular weight is 302 g/mol. The van der Waals surface area contributed by atoms with Gasteiger partial charge in [0.05, 0.1) is 0 Å². The largest absolute Gasteiger partial charge is 0.339 e. The fraction of sp³-hybridized carbons (Fsp3) is 0.929. The van der Waals surface area contributed by atoms with Crippen LogP contribution in [0.15, 0.2) is 0 Å². The third kappa shape index (κ3) is 3.46. The number of amides is 1. The molecule has 2 aliphatic carbocycles. The molecular weight excluding hydrogens is 278 g/mol. The van der Waals surface area contributed by atoms with E-state index in [0.29, 0.717) is 17.9 Å². The fourth-order valence-corrected chi connectivity index (χ4v) is 3.24. The van der Waals surface area contributed by atoms with Crippen LogP contribution in [-0.4, -0.2) is 28.7 Å². The van der Waals surface area contributed by atoms with Crippen LogP contribution in [0, 0.1) is 5.92 Å². The van der Waals surface area contributed by atoms with E-state index in [2.05, 4.69) is 20.8 Å². The van der Waals surface area contributed by atoms with Crippen LogP contribution in [0.2, 0.25) is 0 Å². The molecule has 0 spiro atoms. The summed E-state index contributed by atoms with van der Waals surface area (Å²) in [5.41, 5.74) is 0.